The molecule has 2 aromatic rings. The summed E-state index contributed by atoms with van der Waals surface area (Å²) in [6.45, 7) is 0. The Balaban J connectivity index is 0.000000403. The van der Waals surface area contributed by atoms with Crippen LogP contribution < -0.4 is 5.32 Å². The molecule has 0 aliphatic carbocycles. The van der Waals surface area contributed by atoms with Gasteiger partial charge in [-0.15, -0.1) is 22.7 Å². The standard InChI is InChI=1S/C6H8BrNO2S2.C4H2BrClO2S2.C2H7N/c1-8(2)12(9,10)6-4-3-5(7)11-6;5-3-1-2-4(9-3)10(6,7)8;1-3-2/h3-4H,1-2H3;1-2H;3H,1-2H3. The highest BCUT2D eigenvalue weighted by Crippen LogP contribution is 2.28. The van der Waals surface area contributed by atoms with Crippen molar-refractivity contribution in [1.82, 2.24) is 9.62 Å². The van der Waals surface area contributed by atoms with E-state index >= 15 is 0 Å². The van der Waals surface area contributed by atoms with Crippen LogP contribution in [-0.4, -0.2) is 49.3 Å². The Morgan fingerprint density at radius 2 is 1.28 bits per heavy atom. The number of hydrogen-bond donors (Lipinski definition) is 1. The normalized spacial score (nSPS) is 11.4. The topological polar surface area (TPSA) is 83.6 Å². The Morgan fingerprint density at radius 3 is 1.48 bits per heavy atom. The quantitative estimate of drug-likeness (QED) is 0.558. The van der Waals surface area contributed by atoms with E-state index in [-0.39, 0.29) is 4.21 Å². The Bertz CT molecular complexity index is 863. The van der Waals surface area contributed by atoms with Crippen LogP contribution in [0.2, 0.25) is 0 Å². The molecule has 0 atom stereocenters. The number of thiophene rings is 2. The predicted molar refractivity (Wildman–Crippen MR) is 113 cm³/mol. The molecule has 0 amide bonds. The van der Waals surface area contributed by atoms with Crippen LogP contribution in [0, 0.1) is 0 Å². The van der Waals surface area contributed by atoms with Crippen LogP contribution in [0.3, 0.4) is 0 Å². The van der Waals surface area contributed by atoms with Crippen LogP contribution in [0.25, 0.3) is 0 Å². The maximum atomic E-state index is 11.5. The van der Waals surface area contributed by atoms with Crippen LogP contribution in [-0.2, 0) is 19.1 Å². The van der Waals surface area contributed by atoms with E-state index in [0.717, 1.165) is 18.9 Å². The van der Waals surface area contributed by atoms with Gasteiger partial charge in [0.1, 0.15) is 8.42 Å². The van der Waals surface area contributed by atoms with Crippen molar-refractivity contribution >= 4 is 84.3 Å². The summed E-state index contributed by atoms with van der Waals surface area (Å²) in [5.41, 5.74) is 0. The van der Waals surface area contributed by atoms with E-state index in [1.165, 1.54) is 35.8 Å². The van der Waals surface area contributed by atoms with E-state index in [0.29, 0.717) is 4.21 Å². The lowest BCUT2D eigenvalue weighted by Gasteiger charge is -2.07. The van der Waals surface area contributed by atoms with Gasteiger partial charge in [-0.25, -0.2) is 21.1 Å². The summed E-state index contributed by atoms with van der Waals surface area (Å²) in [6.07, 6.45) is 0. The van der Waals surface area contributed by atoms with Gasteiger partial charge in [0.25, 0.3) is 19.1 Å². The minimum absolute atomic E-state index is 0.168. The molecule has 6 nitrogen and oxygen atoms in total. The van der Waals surface area contributed by atoms with Crippen molar-refractivity contribution in [2.75, 3.05) is 28.2 Å². The smallest absolute Gasteiger partial charge is 0.270 e. The van der Waals surface area contributed by atoms with E-state index < -0.39 is 19.1 Å². The maximum absolute atomic E-state index is 11.5. The van der Waals surface area contributed by atoms with Crippen molar-refractivity contribution in [1.29, 1.82) is 0 Å². The van der Waals surface area contributed by atoms with Gasteiger partial charge in [-0.1, -0.05) is 0 Å². The highest BCUT2D eigenvalue weighted by Gasteiger charge is 2.18. The van der Waals surface area contributed by atoms with Gasteiger partial charge in [-0.05, 0) is 70.2 Å². The molecule has 2 rings (SSSR count). The third-order valence-electron chi connectivity index (χ3n) is 2.07. The first kappa shape index (κ1) is 25.5. The molecule has 2 heterocycles. The van der Waals surface area contributed by atoms with Crippen molar-refractivity contribution < 1.29 is 16.8 Å². The molecule has 144 valence electrons. The van der Waals surface area contributed by atoms with Crippen LogP contribution >= 0.6 is 65.2 Å². The first-order valence-corrected chi connectivity index (χ1v) is 13.3. The van der Waals surface area contributed by atoms with Crippen LogP contribution in [0.5, 0.6) is 0 Å². The van der Waals surface area contributed by atoms with Crippen LogP contribution in [0.1, 0.15) is 0 Å². The van der Waals surface area contributed by atoms with Gasteiger partial charge in [0.2, 0.25) is 0 Å². The summed E-state index contributed by atoms with van der Waals surface area (Å²) < 4.78 is 47.4. The van der Waals surface area contributed by atoms with Gasteiger partial charge >= 0.3 is 0 Å². The van der Waals surface area contributed by atoms with Crippen molar-refractivity contribution in [2.24, 2.45) is 0 Å². The number of hydrogen-bond acceptors (Lipinski definition) is 7. The van der Waals surface area contributed by atoms with Gasteiger partial charge in [-0.2, -0.15) is 0 Å². The monoisotopic (exact) mass is 574 g/mol. The number of nitrogens with zero attached hydrogens (tertiary/aromatic N) is 1. The second-order valence-corrected chi connectivity index (χ2v) is 14.4. The Kier molecular flexibility index (Phi) is 11.6. The molecular weight excluding hydrogens is 560 g/mol. The molecule has 0 saturated heterocycles. The SMILES string of the molecule is CN(C)S(=O)(=O)c1ccc(Br)s1.CNC.O=S(=O)(Cl)c1ccc(Br)s1. The van der Waals surface area contributed by atoms with Crippen molar-refractivity contribution in [3.8, 4) is 0 Å². The first-order valence-electron chi connectivity index (χ1n) is 6.32. The Morgan fingerprint density at radius 1 is 0.920 bits per heavy atom. The molecule has 0 bridgehead atoms. The molecule has 0 saturated carbocycles. The van der Waals surface area contributed by atoms with Gasteiger partial charge in [0.15, 0.2) is 0 Å². The number of sulfonamides is 1. The van der Waals surface area contributed by atoms with E-state index in [9.17, 15) is 16.8 Å². The fourth-order valence-electron chi connectivity index (χ4n) is 1.05. The Labute approximate surface area is 177 Å². The lowest BCUT2D eigenvalue weighted by Crippen LogP contribution is -2.21. The first-order chi connectivity index (χ1) is 11.4. The average molecular weight is 577 g/mol. The molecule has 0 unspecified atom stereocenters. The molecular formula is C12H17Br2ClN2O4S4. The molecule has 0 spiro atoms. The molecule has 0 aliphatic rings. The van der Waals surface area contributed by atoms with Crippen molar-refractivity contribution in [3.05, 3.63) is 31.8 Å². The fraction of sp³-hybridized carbons (Fsp3) is 0.333. The third kappa shape index (κ3) is 9.29. The fourth-order valence-corrected chi connectivity index (χ4v) is 7.00. The molecule has 0 fully saturated rings. The lowest BCUT2D eigenvalue weighted by molar-refractivity contribution is 0.523. The van der Waals surface area contributed by atoms with Gasteiger partial charge < -0.3 is 5.32 Å². The van der Waals surface area contributed by atoms with Gasteiger partial charge in [0.05, 0.1) is 7.57 Å². The summed E-state index contributed by atoms with van der Waals surface area (Å²) in [4.78, 5) is 0. The molecule has 0 radical (unpaired) electrons. The molecule has 2 aromatic heterocycles. The number of nitrogens with one attached hydrogen (secondary N) is 1. The molecule has 1 N–H and O–H groups in total. The predicted octanol–water partition coefficient (Wildman–Crippen LogP) is 4.03. The summed E-state index contributed by atoms with van der Waals surface area (Å²) in [6, 6.07) is 6.40. The van der Waals surface area contributed by atoms with Gasteiger partial charge in [0, 0.05) is 24.8 Å². The number of rotatable bonds is 3. The molecule has 0 aromatic carbocycles. The highest BCUT2D eigenvalue weighted by molar-refractivity contribution is 9.11. The minimum Gasteiger partial charge on any atom is -0.323 e. The summed E-state index contributed by atoms with van der Waals surface area (Å²) in [5, 5.41) is 2.75. The molecule has 13 heteroatoms. The second kappa shape index (κ2) is 11.3. The maximum Gasteiger partial charge on any atom is 0.270 e. The van der Waals surface area contributed by atoms with E-state index in [2.05, 4.69) is 37.2 Å². The zero-order chi connectivity index (χ0) is 19.8. The van der Waals surface area contributed by atoms with E-state index in [4.69, 9.17) is 10.7 Å². The van der Waals surface area contributed by atoms with E-state index in [1.807, 2.05) is 14.1 Å². The van der Waals surface area contributed by atoms with Crippen molar-refractivity contribution in [2.45, 2.75) is 8.42 Å². The Hall–Kier alpha value is 0.470. The van der Waals surface area contributed by atoms with Crippen LogP contribution in [0.15, 0.2) is 40.3 Å². The van der Waals surface area contributed by atoms with Crippen LogP contribution in [0.4, 0.5) is 0 Å². The third-order valence-corrected chi connectivity index (χ3v) is 9.69. The molecule has 0 aliphatic heterocycles. The summed E-state index contributed by atoms with van der Waals surface area (Å²) in [5.74, 6) is 0. The highest BCUT2D eigenvalue weighted by atomic mass is 79.9. The zero-order valence-electron chi connectivity index (χ0n) is 13.7. The van der Waals surface area contributed by atoms with Gasteiger partial charge in [-0.3, -0.25) is 0 Å². The lowest BCUT2D eigenvalue weighted by atomic mass is 10.7. The zero-order valence-corrected chi connectivity index (χ0v) is 20.9. The largest absolute Gasteiger partial charge is 0.323 e. The summed E-state index contributed by atoms with van der Waals surface area (Å²) in [7, 11) is 5.06. The average Bonchev–Trinajstić information content (AvgIpc) is 3.08. The summed E-state index contributed by atoms with van der Waals surface area (Å²) >= 11 is 8.63. The van der Waals surface area contributed by atoms with Crippen molar-refractivity contribution in [3.63, 3.8) is 0 Å². The minimum atomic E-state index is -3.52. The second-order valence-electron chi connectivity index (χ2n) is 4.34. The van der Waals surface area contributed by atoms with E-state index in [1.54, 1.807) is 18.2 Å². The molecule has 25 heavy (non-hydrogen) atoms. The number of halogens is 3.